The Bertz CT molecular complexity index is 935. The molecule has 1 aromatic heterocycles. The standard InChI is InChI=1S/C29H43NO6/c1-19(2)18-35-26-12-8-11-24(30-26)20(3)9-7-10-21(4)28-22(5)13-14-25(32)29(6,34)16-15-23(31)17-27(33)36-28/h7-14,19-20,22-23,25,28,31-32,34H,15-18H2,1-6H3/b9-7+,14-13+,21-10+/t20?,22-,23+,25-,28+,29+/m0/s1. The Labute approximate surface area is 215 Å². The largest absolute Gasteiger partial charge is 0.477 e. The first-order chi connectivity index (χ1) is 16.9. The summed E-state index contributed by atoms with van der Waals surface area (Å²) in [6.07, 6.45) is 6.66. The van der Waals surface area contributed by atoms with Gasteiger partial charge >= 0.3 is 5.97 Å². The van der Waals surface area contributed by atoms with E-state index in [9.17, 15) is 20.1 Å². The van der Waals surface area contributed by atoms with Crippen molar-refractivity contribution in [2.45, 2.75) is 90.6 Å². The number of aromatic nitrogens is 1. The van der Waals surface area contributed by atoms with Crippen LogP contribution in [0.15, 0.2) is 54.2 Å². The van der Waals surface area contributed by atoms with E-state index in [2.05, 4.69) is 18.8 Å². The molecule has 1 aromatic rings. The number of esters is 1. The fourth-order valence-electron chi connectivity index (χ4n) is 3.88. The molecule has 0 radical (unpaired) electrons. The summed E-state index contributed by atoms with van der Waals surface area (Å²) in [5, 5.41) is 31.2. The van der Waals surface area contributed by atoms with Crippen molar-refractivity contribution in [3.63, 3.8) is 0 Å². The zero-order valence-corrected chi connectivity index (χ0v) is 22.4. The van der Waals surface area contributed by atoms with Crippen LogP contribution in [0.25, 0.3) is 0 Å². The fraction of sp³-hybridized carbons (Fsp3) is 0.586. The number of cyclic esters (lactones) is 1. The average Bonchev–Trinajstić information content (AvgIpc) is 2.82. The lowest BCUT2D eigenvalue weighted by molar-refractivity contribution is -0.151. The zero-order valence-electron chi connectivity index (χ0n) is 22.4. The van der Waals surface area contributed by atoms with Gasteiger partial charge in [0, 0.05) is 17.9 Å². The van der Waals surface area contributed by atoms with E-state index in [1.807, 2.05) is 57.2 Å². The number of carbonyl (C=O) groups is 1. The van der Waals surface area contributed by atoms with Gasteiger partial charge in [-0.3, -0.25) is 4.79 Å². The Balaban J connectivity index is 2.18. The number of aliphatic hydroxyl groups is 3. The number of nitrogens with zero attached hydrogens (tertiary/aromatic N) is 1. The molecule has 1 aliphatic heterocycles. The lowest BCUT2D eigenvalue weighted by atomic mass is 9.89. The summed E-state index contributed by atoms with van der Waals surface area (Å²) in [6.45, 7) is 12.1. The summed E-state index contributed by atoms with van der Waals surface area (Å²) in [5.74, 6) is 0.316. The van der Waals surface area contributed by atoms with E-state index >= 15 is 0 Å². The van der Waals surface area contributed by atoms with Crippen molar-refractivity contribution in [2.75, 3.05) is 6.61 Å². The van der Waals surface area contributed by atoms with Crippen molar-refractivity contribution >= 4 is 5.97 Å². The highest BCUT2D eigenvalue weighted by molar-refractivity contribution is 5.70. The maximum Gasteiger partial charge on any atom is 0.309 e. The van der Waals surface area contributed by atoms with E-state index in [0.717, 1.165) is 11.3 Å². The number of carbonyl (C=O) groups excluding carboxylic acids is 1. The molecule has 6 atom stereocenters. The van der Waals surface area contributed by atoms with Gasteiger partial charge in [-0.05, 0) is 44.2 Å². The molecule has 0 aliphatic carbocycles. The molecule has 1 unspecified atom stereocenters. The van der Waals surface area contributed by atoms with E-state index < -0.39 is 29.9 Å². The van der Waals surface area contributed by atoms with Gasteiger partial charge < -0.3 is 24.8 Å². The highest BCUT2D eigenvalue weighted by atomic mass is 16.5. The van der Waals surface area contributed by atoms with Crippen LogP contribution < -0.4 is 4.74 Å². The highest BCUT2D eigenvalue weighted by Gasteiger charge is 2.31. The topological polar surface area (TPSA) is 109 Å². The molecular weight excluding hydrogens is 458 g/mol. The van der Waals surface area contributed by atoms with Gasteiger partial charge in [0.2, 0.25) is 5.88 Å². The first-order valence-electron chi connectivity index (χ1n) is 12.8. The molecule has 2 rings (SSSR count). The molecule has 2 heterocycles. The quantitative estimate of drug-likeness (QED) is 0.287. The SMILES string of the molecule is C/C(=C\C=C\C(C)c1cccc(OCC(C)C)n1)[C@H]1OC(=O)C[C@H](O)CC[C@@](C)(O)[C@@H](O)/C=C/[C@@H]1C. The van der Waals surface area contributed by atoms with Gasteiger partial charge in [0.1, 0.15) is 12.2 Å². The molecule has 0 aromatic carbocycles. The van der Waals surface area contributed by atoms with Crippen LogP contribution in [0.3, 0.4) is 0 Å². The number of rotatable bonds is 7. The van der Waals surface area contributed by atoms with Crippen molar-refractivity contribution in [2.24, 2.45) is 11.8 Å². The van der Waals surface area contributed by atoms with Crippen molar-refractivity contribution in [1.82, 2.24) is 4.98 Å². The lowest BCUT2D eigenvalue weighted by Crippen LogP contribution is -2.39. The third-order valence-electron chi connectivity index (χ3n) is 6.34. The Hall–Kier alpha value is -2.48. The molecule has 1 aliphatic rings. The van der Waals surface area contributed by atoms with Crippen LogP contribution in [0, 0.1) is 11.8 Å². The van der Waals surface area contributed by atoms with Crippen LogP contribution in [0.5, 0.6) is 5.88 Å². The van der Waals surface area contributed by atoms with Crippen LogP contribution >= 0.6 is 0 Å². The van der Waals surface area contributed by atoms with Gasteiger partial charge in [0.05, 0.1) is 30.4 Å². The van der Waals surface area contributed by atoms with Crippen molar-refractivity contribution < 1.29 is 29.6 Å². The second-order valence-electron chi connectivity index (χ2n) is 10.5. The highest BCUT2D eigenvalue weighted by Crippen LogP contribution is 2.25. The third-order valence-corrected chi connectivity index (χ3v) is 6.34. The molecule has 200 valence electrons. The van der Waals surface area contributed by atoms with E-state index in [4.69, 9.17) is 9.47 Å². The Morgan fingerprint density at radius 3 is 2.69 bits per heavy atom. The molecule has 0 saturated heterocycles. The van der Waals surface area contributed by atoms with Crippen LogP contribution in [-0.4, -0.2) is 56.8 Å². The summed E-state index contributed by atoms with van der Waals surface area (Å²) in [6, 6.07) is 5.75. The molecule has 0 fully saturated rings. The van der Waals surface area contributed by atoms with Crippen molar-refractivity contribution in [3.8, 4) is 5.88 Å². The van der Waals surface area contributed by atoms with E-state index in [1.165, 1.54) is 13.0 Å². The smallest absolute Gasteiger partial charge is 0.309 e. The minimum Gasteiger partial charge on any atom is -0.477 e. The number of pyridine rings is 1. The summed E-state index contributed by atoms with van der Waals surface area (Å²) in [4.78, 5) is 17.1. The summed E-state index contributed by atoms with van der Waals surface area (Å²) < 4.78 is 11.5. The minimum absolute atomic E-state index is 0.0420. The number of allylic oxidation sites excluding steroid dienone is 3. The van der Waals surface area contributed by atoms with Crippen LogP contribution in [0.2, 0.25) is 0 Å². The molecule has 36 heavy (non-hydrogen) atoms. The van der Waals surface area contributed by atoms with Gasteiger partial charge in [0.25, 0.3) is 0 Å². The first-order valence-corrected chi connectivity index (χ1v) is 12.8. The van der Waals surface area contributed by atoms with Crippen LogP contribution in [0.1, 0.15) is 72.4 Å². The maximum absolute atomic E-state index is 12.5. The van der Waals surface area contributed by atoms with Crippen LogP contribution in [0.4, 0.5) is 0 Å². The Morgan fingerprint density at radius 2 is 2.00 bits per heavy atom. The predicted octanol–water partition coefficient (Wildman–Crippen LogP) is 4.48. The molecular formula is C29H43NO6. The summed E-state index contributed by atoms with van der Waals surface area (Å²) in [5.41, 5.74) is 0.311. The maximum atomic E-state index is 12.5. The predicted molar refractivity (Wildman–Crippen MR) is 141 cm³/mol. The van der Waals surface area contributed by atoms with E-state index in [1.54, 1.807) is 6.08 Å². The first kappa shape index (κ1) is 29.7. The second kappa shape index (κ2) is 13.7. The molecule has 0 bridgehead atoms. The average molecular weight is 502 g/mol. The molecule has 0 amide bonds. The molecule has 7 heteroatoms. The molecule has 3 N–H and O–H groups in total. The zero-order chi connectivity index (χ0) is 26.9. The van der Waals surface area contributed by atoms with Crippen molar-refractivity contribution in [3.05, 3.63) is 59.8 Å². The summed E-state index contributed by atoms with van der Waals surface area (Å²) in [7, 11) is 0. The monoisotopic (exact) mass is 501 g/mol. The second-order valence-corrected chi connectivity index (χ2v) is 10.5. The Kier molecular flexibility index (Phi) is 11.3. The van der Waals surface area contributed by atoms with Crippen LogP contribution in [-0.2, 0) is 9.53 Å². The van der Waals surface area contributed by atoms with Gasteiger partial charge in [-0.15, -0.1) is 0 Å². The minimum atomic E-state index is -1.40. The number of aliphatic hydroxyl groups excluding tert-OH is 2. The van der Waals surface area contributed by atoms with E-state index in [-0.39, 0.29) is 31.1 Å². The molecule has 7 nitrogen and oxygen atoms in total. The normalized spacial score (nSPS) is 30.4. The number of hydrogen-bond acceptors (Lipinski definition) is 7. The summed E-state index contributed by atoms with van der Waals surface area (Å²) >= 11 is 0. The third kappa shape index (κ3) is 9.52. The molecule has 0 spiro atoms. The number of ether oxygens (including phenoxy) is 2. The van der Waals surface area contributed by atoms with Gasteiger partial charge in [-0.1, -0.05) is 64.1 Å². The Morgan fingerprint density at radius 1 is 1.28 bits per heavy atom. The van der Waals surface area contributed by atoms with E-state index in [0.29, 0.717) is 18.4 Å². The van der Waals surface area contributed by atoms with Gasteiger partial charge in [0.15, 0.2) is 0 Å². The number of hydrogen-bond donors (Lipinski definition) is 3. The van der Waals surface area contributed by atoms with Crippen molar-refractivity contribution in [1.29, 1.82) is 0 Å². The van der Waals surface area contributed by atoms with Gasteiger partial charge in [-0.2, -0.15) is 0 Å². The van der Waals surface area contributed by atoms with Gasteiger partial charge in [-0.25, -0.2) is 4.98 Å². The lowest BCUT2D eigenvalue weighted by Gasteiger charge is -2.30. The fourth-order valence-corrected chi connectivity index (χ4v) is 3.88. The molecule has 0 saturated carbocycles.